The van der Waals surface area contributed by atoms with Crippen molar-refractivity contribution in [3.8, 4) is 5.75 Å². The van der Waals surface area contributed by atoms with Crippen molar-refractivity contribution in [2.45, 2.75) is 19.4 Å². The third-order valence-electron chi connectivity index (χ3n) is 2.70. The highest BCUT2D eigenvalue weighted by Crippen LogP contribution is 2.25. The topological polar surface area (TPSA) is 46.5 Å². The van der Waals surface area contributed by atoms with Gasteiger partial charge in [0.1, 0.15) is 5.75 Å². The van der Waals surface area contributed by atoms with Crippen molar-refractivity contribution in [2.75, 3.05) is 0 Å². The number of rotatable bonds is 4. The molecule has 94 valence electrons. The summed E-state index contributed by atoms with van der Waals surface area (Å²) in [6, 6.07) is 11.5. The van der Waals surface area contributed by atoms with Crippen LogP contribution in [-0.4, -0.2) is 17.2 Å². The van der Waals surface area contributed by atoms with Crippen LogP contribution < -0.4 is 4.74 Å². The van der Waals surface area contributed by atoms with E-state index < -0.39 is 12.1 Å². The van der Waals surface area contributed by atoms with Gasteiger partial charge in [0, 0.05) is 4.47 Å². The number of aliphatic carboxylic acids is 1. The van der Waals surface area contributed by atoms with E-state index in [1.165, 1.54) is 0 Å². The number of carboxylic acid groups (broad SMARTS) is 1. The molecule has 0 bridgehead atoms. The van der Waals surface area contributed by atoms with Gasteiger partial charge < -0.3 is 9.84 Å². The van der Waals surface area contributed by atoms with Gasteiger partial charge in [0.15, 0.2) is 6.10 Å². The van der Waals surface area contributed by atoms with Crippen LogP contribution in [0.2, 0.25) is 0 Å². The van der Waals surface area contributed by atoms with Crippen LogP contribution in [0.1, 0.15) is 13.3 Å². The summed E-state index contributed by atoms with van der Waals surface area (Å²) in [5.41, 5.74) is 0. The Labute approximate surface area is 114 Å². The second-order valence-electron chi connectivity index (χ2n) is 4.01. The van der Waals surface area contributed by atoms with Crippen molar-refractivity contribution in [3.05, 3.63) is 40.9 Å². The third kappa shape index (κ3) is 2.82. The Morgan fingerprint density at radius 3 is 2.61 bits per heavy atom. The summed E-state index contributed by atoms with van der Waals surface area (Å²) in [6.07, 6.45) is -0.355. The number of carbonyl (C=O) groups is 1. The van der Waals surface area contributed by atoms with Crippen LogP contribution >= 0.6 is 15.9 Å². The number of halogens is 1. The molecule has 0 amide bonds. The van der Waals surface area contributed by atoms with Crippen molar-refractivity contribution < 1.29 is 14.6 Å². The summed E-state index contributed by atoms with van der Waals surface area (Å²) in [6.45, 7) is 1.79. The van der Waals surface area contributed by atoms with Gasteiger partial charge in [-0.15, -0.1) is 0 Å². The Bertz CT molecular complexity index is 580. The Morgan fingerprint density at radius 1 is 1.28 bits per heavy atom. The first kappa shape index (κ1) is 12.9. The first-order valence-corrected chi connectivity index (χ1v) is 6.48. The second kappa shape index (κ2) is 5.40. The molecule has 0 saturated carbocycles. The molecule has 0 saturated heterocycles. The normalized spacial score (nSPS) is 12.3. The minimum atomic E-state index is -0.937. The van der Waals surface area contributed by atoms with E-state index in [1.54, 1.807) is 13.0 Å². The summed E-state index contributed by atoms with van der Waals surface area (Å²) >= 11 is 3.41. The Morgan fingerprint density at radius 2 is 1.94 bits per heavy atom. The molecule has 0 aliphatic rings. The molecule has 0 unspecified atom stereocenters. The van der Waals surface area contributed by atoms with Crippen LogP contribution in [0, 0.1) is 0 Å². The van der Waals surface area contributed by atoms with Crippen LogP contribution in [0.5, 0.6) is 5.75 Å². The SMILES string of the molecule is CC[C@@H](Oc1ccc2cc(Br)ccc2c1)C(=O)O. The zero-order chi connectivity index (χ0) is 13.1. The van der Waals surface area contributed by atoms with E-state index in [0.29, 0.717) is 12.2 Å². The maximum absolute atomic E-state index is 10.9. The molecule has 4 heteroatoms. The van der Waals surface area contributed by atoms with Gasteiger partial charge in [-0.1, -0.05) is 35.0 Å². The van der Waals surface area contributed by atoms with Crippen LogP contribution in [0.25, 0.3) is 10.8 Å². The fourth-order valence-corrected chi connectivity index (χ4v) is 2.12. The maximum Gasteiger partial charge on any atom is 0.344 e. The lowest BCUT2D eigenvalue weighted by atomic mass is 10.1. The summed E-state index contributed by atoms with van der Waals surface area (Å²) in [4.78, 5) is 10.9. The van der Waals surface area contributed by atoms with Gasteiger partial charge in [-0.3, -0.25) is 0 Å². The standard InChI is InChI=1S/C14H13BrO3/c1-2-13(14(16)17)18-12-6-4-9-7-11(15)5-3-10(9)8-12/h3-8,13H,2H2,1H3,(H,16,17)/t13-/m1/s1. The summed E-state index contributed by atoms with van der Waals surface area (Å²) in [5.74, 6) is -0.354. The second-order valence-corrected chi connectivity index (χ2v) is 4.92. The summed E-state index contributed by atoms with van der Waals surface area (Å²) in [5, 5.41) is 11.1. The highest BCUT2D eigenvalue weighted by molar-refractivity contribution is 9.10. The van der Waals surface area contributed by atoms with Crippen LogP contribution in [-0.2, 0) is 4.79 Å². The molecular formula is C14H13BrO3. The van der Waals surface area contributed by atoms with Crippen LogP contribution in [0.4, 0.5) is 0 Å². The predicted molar refractivity (Wildman–Crippen MR) is 74.0 cm³/mol. The monoisotopic (exact) mass is 308 g/mol. The number of hydrogen-bond donors (Lipinski definition) is 1. The lowest BCUT2D eigenvalue weighted by Gasteiger charge is -2.13. The molecule has 1 N–H and O–H groups in total. The highest BCUT2D eigenvalue weighted by atomic mass is 79.9. The number of benzene rings is 2. The molecule has 0 spiro atoms. The molecule has 3 nitrogen and oxygen atoms in total. The molecule has 18 heavy (non-hydrogen) atoms. The number of hydrogen-bond acceptors (Lipinski definition) is 2. The first-order chi connectivity index (χ1) is 8.60. The van der Waals surface area contributed by atoms with Gasteiger partial charge >= 0.3 is 5.97 Å². The smallest absolute Gasteiger partial charge is 0.344 e. The average Bonchev–Trinajstić information content (AvgIpc) is 2.35. The fraction of sp³-hybridized carbons (Fsp3) is 0.214. The minimum absolute atomic E-state index is 0.438. The largest absolute Gasteiger partial charge is 0.479 e. The van der Waals surface area contributed by atoms with Gasteiger partial charge in [0.2, 0.25) is 0 Å². The van der Waals surface area contributed by atoms with Crippen molar-refractivity contribution in [1.29, 1.82) is 0 Å². The Hall–Kier alpha value is -1.55. The molecule has 2 aromatic rings. The van der Waals surface area contributed by atoms with E-state index >= 15 is 0 Å². The molecule has 0 heterocycles. The van der Waals surface area contributed by atoms with Gasteiger partial charge in [-0.25, -0.2) is 4.79 Å². The lowest BCUT2D eigenvalue weighted by Crippen LogP contribution is -2.25. The zero-order valence-corrected chi connectivity index (χ0v) is 11.5. The van der Waals surface area contributed by atoms with Gasteiger partial charge in [0.25, 0.3) is 0 Å². The van der Waals surface area contributed by atoms with E-state index in [1.807, 2.05) is 30.3 Å². The molecule has 0 aromatic heterocycles. The van der Waals surface area contributed by atoms with Crippen molar-refractivity contribution in [2.24, 2.45) is 0 Å². The van der Waals surface area contributed by atoms with Gasteiger partial charge in [-0.05, 0) is 41.5 Å². The molecule has 1 atom stereocenters. The van der Waals surface area contributed by atoms with Crippen molar-refractivity contribution in [3.63, 3.8) is 0 Å². The molecule has 2 rings (SSSR count). The van der Waals surface area contributed by atoms with Gasteiger partial charge in [-0.2, -0.15) is 0 Å². The number of carboxylic acids is 1. The fourth-order valence-electron chi connectivity index (χ4n) is 1.74. The Balaban J connectivity index is 2.30. The summed E-state index contributed by atoms with van der Waals surface area (Å²) < 4.78 is 6.47. The molecule has 2 aromatic carbocycles. The zero-order valence-electron chi connectivity index (χ0n) is 9.89. The van der Waals surface area contributed by atoms with E-state index in [9.17, 15) is 4.79 Å². The first-order valence-electron chi connectivity index (χ1n) is 5.69. The predicted octanol–water partition coefficient (Wildman–Crippen LogP) is 3.84. The van der Waals surface area contributed by atoms with Crippen LogP contribution in [0.15, 0.2) is 40.9 Å². The minimum Gasteiger partial charge on any atom is -0.479 e. The van der Waals surface area contributed by atoms with Crippen molar-refractivity contribution >= 4 is 32.7 Å². The Kier molecular flexibility index (Phi) is 3.87. The lowest BCUT2D eigenvalue weighted by molar-refractivity contribution is -0.145. The highest BCUT2D eigenvalue weighted by Gasteiger charge is 2.16. The number of fused-ring (bicyclic) bond motifs is 1. The van der Waals surface area contributed by atoms with Crippen molar-refractivity contribution in [1.82, 2.24) is 0 Å². The van der Waals surface area contributed by atoms with E-state index in [2.05, 4.69) is 15.9 Å². The number of ether oxygens (including phenoxy) is 1. The molecule has 0 radical (unpaired) electrons. The quantitative estimate of drug-likeness (QED) is 0.933. The van der Waals surface area contributed by atoms with Gasteiger partial charge in [0.05, 0.1) is 0 Å². The molecule has 0 aliphatic carbocycles. The van der Waals surface area contributed by atoms with E-state index in [-0.39, 0.29) is 0 Å². The molecule has 0 fully saturated rings. The molecular weight excluding hydrogens is 296 g/mol. The third-order valence-corrected chi connectivity index (χ3v) is 3.19. The summed E-state index contributed by atoms with van der Waals surface area (Å²) in [7, 11) is 0. The average molecular weight is 309 g/mol. The molecule has 0 aliphatic heterocycles. The van der Waals surface area contributed by atoms with Crippen LogP contribution in [0.3, 0.4) is 0 Å². The van der Waals surface area contributed by atoms with E-state index in [0.717, 1.165) is 15.2 Å². The maximum atomic E-state index is 10.9. The van der Waals surface area contributed by atoms with E-state index in [4.69, 9.17) is 9.84 Å².